The highest BCUT2D eigenvalue weighted by molar-refractivity contribution is 5.17. The third-order valence-electron chi connectivity index (χ3n) is 1.65. The highest BCUT2D eigenvalue weighted by Crippen LogP contribution is 2.22. The van der Waals surface area contributed by atoms with Crippen molar-refractivity contribution in [3.8, 4) is 0 Å². The van der Waals surface area contributed by atoms with Crippen molar-refractivity contribution < 1.29 is 4.39 Å². The van der Waals surface area contributed by atoms with Gasteiger partial charge in [0.25, 0.3) is 0 Å². The summed E-state index contributed by atoms with van der Waals surface area (Å²) < 4.78 is 13.4. The van der Waals surface area contributed by atoms with Crippen molar-refractivity contribution in [1.29, 1.82) is 0 Å². The fourth-order valence-electron chi connectivity index (χ4n) is 0.789. The van der Waals surface area contributed by atoms with Gasteiger partial charge >= 0.3 is 0 Å². The van der Waals surface area contributed by atoms with Gasteiger partial charge in [-0.25, -0.2) is 4.39 Å². The molecule has 0 amide bonds. The molecule has 1 aromatic rings. The first-order chi connectivity index (χ1) is 5.17. The Morgan fingerprint density at radius 3 is 2.91 bits per heavy atom. The predicted molar refractivity (Wildman–Crippen MR) is 41.8 cm³/mol. The zero-order chi connectivity index (χ0) is 8.32. The minimum atomic E-state index is -1.45. The quantitative estimate of drug-likeness (QED) is 0.695. The van der Waals surface area contributed by atoms with Crippen molar-refractivity contribution in [3.05, 3.63) is 30.1 Å². The number of pyridine rings is 1. The molecule has 0 saturated heterocycles. The van der Waals surface area contributed by atoms with Crippen LogP contribution in [-0.2, 0) is 5.67 Å². The zero-order valence-electron chi connectivity index (χ0n) is 6.42. The van der Waals surface area contributed by atoms with Gasteiger partial charge in [-0.05, 0) is 13.0 Å². The Balaban J connectivity index is 2.93. The van der Waals surface area contributed by atoms with Crippen LogP contribution in [-0.4, -0.2) is 11.5 Å². The first kappa shape index (κ1) is 8.14. The molecule has 3 heteroatoms. The Morgan fingerprint density at radius 1 is 1.73 bits per heavy atom. The summed E-state index contributed by atoms with van der Waals surface area (Å²) in [6, 6.07) is 3.38. The van der Waals surface area contributed by atoms with Gasteiger partial charge in [-0.1, -0.05) is 6.07 Å². The summed E-state index contributed by atoms with van der Waals surface area (Å²) in [6.07, 6.45) is 3.10. The van der Waals surface area contributed by atoms with Crippen molar-refractivity contribution in [3.63, 3.8) is 0 Å². The Hall–Kier alpha value is -0.960. The van der Waals surface area contributed by atoms with Gasteiger partial charge in [-0.3, -0.25) is 4.98 Å². The molecule has 11 heavy (non-hydrogen) atoms. The number of hydrogen-bond acceptors (Lipinski definition) is 2. The molecule has 0 aliphatic rings. The van der Waals surface area contributed by atoms with E-state index in [0.717, 1.165) is 0 Å². The van der Waals surface area contributed by atoms with Crippen molar-refractivity contribution in [1.82, 2.24) is 4.98 Å². The summed E-state index contributed by atoms with van der Waals surface area (Å²) in [5, 5.41) is 0. The molecule has 0 aromatic carbocycles. The highest BCUT2D eigenvalue weighted by Gasteiger charge is 2.23. The second-order valence-corrected chi connectivity index (χ2v) is 2.64. The first-order valence-electron chi connectivity index (χ1n) is 3.46. The molecule has 1 rings (SSSR count). The number of rotatable bonds is 2. The van der Waals surface area contributed by atoms with E-state index < -0.39 is 5.67 Å². The van der Waals surface area contributed by atoms with Crippen molar-refractivity contribution in [2.75, 3.05) is 6.54 Å². The fourth-order valence-corrected chi connectivity index (χ4v) is 0.789. The van der Waals surface area contributed by atoms with Crippen LogP contribution in [0.3, 0.4) is 0 Å². The maximum atomic E-state index is 13.4. The molecular weight excluding hydrogens is 143 g/mol. The molecule has 0 aliphatic carbocycles. The second-order valence-electron chi connectivity index (χ2n) is 2.64. The van der Waals surface area contributed by atoms with Gasteiger partial charge in [-0.15, -0.1) is 0 Å². The molecule has 0 aliphatic heterocycles. The van der Waals surface area contributed by atoms with E-state index in [0.29, 0.717) is 5.56 Å². The summed E-state index contributed by atoms with van der Waals surface area (Å²) in [5.41, 5.74) is 4.32. The second kappa shape index (κ2) is 2.96. The van der Waals surface area contributed by atoms with Crippen LogP contribution in [0, 0.1) is 0 Å². The largest absolute Gasteiger partial charge is 0.327 e. The van der Waals surface area contributed by atoms with Gasteiger partial charge in [0.2, 0.25) is 0 Å². The number of alkyl halides is 1. The number of nitrogens with zero attached hydrogens (tertiary/aromatic N) is 1. The van der Waals surface area contributed by atoms with E-state index in [1.165, 1.54) is 13.1 Å². The molecule has 1 aromatic heterocycles. The molecule has 2 nitrogen and oxygen atoms in total. The van der Waals surface area contributed by atoms with Crippen molar-refractivity contribution >= 4 is 0 Å². The third kappa shape index (κ3) is 1.74. The van der Waals surface area contributed by atoms with Gasteiger partial charge in [-0.2, -0.15) is 0 Å². The Labute approximate surface area is 65.3 Å². The summed E-state index contributed by atoms with van der Waals surface area (Å²) >= 11 is 0. The predicted octanol–water partition coefficient (Wildman–Crippen LogP) is 1.23. The van der Waals surface area contributed by atoms with E-state index in [1.54, 1.807) is 18.3 Å². The van der Waals surface area contributed by atoms with Gasteiger partial charge in [0.05, 0.1) is 0 Å². The minimum absolute atomic E-state index is 0.0152. The lowest BCUT2D eigenvalue weighted by molar-refractivity contribution is 0.203. The van der Waals surface area contributed by atoms with E-state index in [1.807, 2.05) is 0 Å². The van der Waals surface area contributed by atoms with Gasteiger partial charge in [0.1, 0.15) is 5.67 Å². The zero-order valence-corrected chi connectivity index (χ0v) is 6.42. The van der Waals surface area contributed by atoms with E-state index >= 15 is 0 Å². The maximum absolute atomic E-state index is 13.4. The van der Waals surface area contributed by atoms with Crippen molar-refractivity contribution in [2.24, 2.45) is 5.73 Å². The Bertz CT molecular complexity index is 221. The van der Waals surface area contributed by atoms with Crippen LogP contribution >= 0.6 is 0 Å². The number of nitrogens with two attached hydrogens (primary N) is 1. The van der Waals surface area contributed by atoms with Crippen LogP contribution in [0.5, 0.6) is 0 Å². The smallest absolute Gasteiger partial charge is 0.146 e. The first-order valence-corrected chi connectivity index (χ1v) is 3.46. The van der Waals surface area contributed by atoms with Crippen LogP contribution in [0.15, 0.2) is 24.5 Å². The van der Waals surface area contributed by atoms with Gasteiger partial charge in [0, 0.05) is 24.5 Å². The number of aromatic nitrogens is 1. The standard InChI is InChI=1S/C8H11FN2/c1-8(9,6-10)7-3-2-4-11-5-7/h2-5H,6,10H2,1H3/t8-/m1/s1. The maximum Gasteiger partial charge on any atom is 0.146 e. The molecule has 0 fully saturated rings. The highest BCUT2D eigenvalue weighted by atomic mass is 19.1. The van der Waals surface area contributed by atoms with E-state index in [4.69, 9.17) is 5.73 Å². The Kier molecular flexibility index (Phi) is 2.19. The molecule has 1 heterocycles. The fraction of sp³-hybridized carbons (Fsp3) is 0.375. The van der Waals surface area contributed by atoms with Crippen LogP contribution in [0.2, 0.25) is 0 Å². The molecule has 0 bridgehead atoms. The molecule has 2 N–H and O–H groups in total. The number of halogens is 1. The topological polar surface area (TPSA) is 38.9 Å². The molecule has 0 unspecified atom stereocenters. The Morgan fingerprint density at radius 2 is 2.45 bits per heavy atom. The average Bonchev–Trinajstić information content (AvgIpc) is 2.06. The molecule has 0 radical (unpaired) electrons. The molecular formula is C8H11FN2. The molecule has 1 atom stereocenters. The molecule has 0 spiro atoms. The minimum Gasteiger partial charge on any atom is -0.327 e. The monoisotopic (exact) mass is 154 g/mol. The summed E-state index contributed by atoms with van der Waals surface area (Å²) in [6.45, 7) is 1.43. The van der Waals surface area contributed by atoms with Crippen LogP contribution < -0.4 is 5.73 Å². The van der Waals surface area contributed by atoms with Crippen molar-refractivity contribution in [2.45, 2.75) is 12.6 Å². The van der Waals surface area contributed by atoms with E-state index in [9.17, 15) is 4.39 Å². The lowest BCUT2D eigenvalue weighted by atomic mass is 10.0. The summed E-state index contributed by atoms with van der Waals surface area (Å²) in [4.78, 5) is 3.80. The van der Waals surface area contributed by atoms with Crippen LogP contribution in [0.1, 0.15) is 12.5 Å². The normalized spacial score (nSPS) is 15.9. The van der Waals surface area contributed by atoms with Gasteiger partial charge < -0.3 is 5.73 Å². The summed E-state index contributed by atoms with van der Waals surface area (Å²) in [7, 11) is 0. The lowest BCUT2D eigenvalue weighted by Gasteiger charge is -2.17. The van der Waals surface area contributed by atoms with E-state index in [2.05, 4.69) is 4.98 Å². The van der Waals surface area contributed by atoms with Gasteiger partial charge in [0.15, 0.2) is 0 Å². The van der Waals surface area contributed by atoms with Crippen LogP contribution in [0.4, 0.5) is 4.39 Å². The van der Waals surface area contributed by atoms with E-state index in [-0.39, 0.29) is 6.54 Å². The third-order valence-corrected chi connectivity index (χ3v) is 1.65. The summed E-state index contributed by atoms with van der Waals surface area (Å²) in [5.74, 6) is 0. The molecule has 60 valence electrons. The average molecular weight is 154 g/mol. The SMILES string of the molecule is C[C@@](F)(CN)c1cccnc1. The molecule has 0 saturated carbocycles. The van der Waals surface area contributed by atoms with Crippen LogP contribution in [0.25, 0.3) is 0 Å². The lowest BCUT2D eigenvalue weighted by Crippen LogP contribution is -2.26. The number of hydrogen-bond donors (Lipinski definition) is 1.